The van der Waals surface area contributed by atoms with Crippen LogP contribution in [-0.2, 0) is 22.7 Å². The third-order valence-corrected chi connectivity index (χ3v) is 8.26. The first-order chi connectivity index (χ1) is 17.4. The summed E-state index contributed by atoms with van der Waals surface area (Å²) in [5.41, 5.74) is 2.62. The molecule has 4 atom stereocenters. The van der Waals surface area contributed by atoms with Crippen LogP contribution in [0.4, 0.5) is 4.39 Å². The standard InChI is InChI=1S/C27H29FN4O4/c28-24-17(12-31-11-16-1-3-20(33)10-18(16)13-31)7-8-29-25(24)15-2-4-21-19(9-15)14-32(27(21)36)22-5-6-23(34)30-26(22)35/h2,4,7-9,16,18,20,22,33H,1,3,5-6,10-14H2,(H,30,34,35)/t16-,18+,20?,22-/m1/s1. The molecule has 4 aliphatic rings. The SMILES string of the molecule is O=C1CC[C@@H](N2Cc3cc(-c4nccc(CN5C[C@H]6CCC(O)C[C@H]6C5)c4F)ccc3C2=O)C(=O)N1. The van der Waals surface area contributed by atoms with E-state index in [1.54, 1.807) is 30.5 Å². The summed E-state index contributed by atoms with van der Waals surface area (Å²) in [6.45, 7) is 2.52. The Hall–Kier alpha value is -3.17. The van der Waals surface area contributed by atoms with Crippen molar-refractivity contribution in [3.63, 3.8) is 0 Å². The average Bonchev–Trinajstić information content (AvgIpc) is 3.40. The number of carbonyl (C=O) groups excluding carboxylic acids is 3. The normalized spacial score (nSPS) is 28.3. The summed E-state index contributed by atoms with van der Waals surface area (Å²) in [5, 5.41) is 12.3. The lowest BCUT2D eigenvalue weighted by atomic mass is 9.80. The predicted octanol–water partition coefficient (Wildman–Crippen LogP) is 2.24. The molecule has 1 aromatic heterocycles. The number of amides is 3. The number of nitrogens with zero attached hydrogens (tertiary/aromatic N) is 3. The van der Waals surface area contributed by atoms with Crippen LogP contribution in [0.5, 0.6) is 0 Å². The molecule has 3 amide bonds. The molecule has 0 radical (unpaired) electrons. The second-order valence-electron chi connectivity index (χ2n) is 10.6. The number of benzene rings is 1. The van der Waals surface area contributed by atoms with Gasteiger partial charge in [-0.25, -0.2) is 4.39 Å². The van der Waals surface area contributed by atoms with E-state index in [0.29, 0.717) is 41.5 Å². The Labute approximate surface area is 208 Å². The minimum atomic E-state index is -0.686. The van der Waals surface area contributed by atoms with Crippen LogP contribution in [-0.4, -0.2) is 62.8 Å². The summed E-state index contributed by atoms with van der Waals surface area (Å²) in [6.07, 6.45) is 4.60. The molecule has 4 heterocycles. The van der Waals surface area contributed by atoms with Crippen molar-refractivity contribution < 1.29 is 23.9 Å². The number of pyridine rings is 1. The number of carbonyl (C=O) groups is 3. The molecule has 2 N–H and O–H groups in total. The highest BCUT2D eigenvalue weighted by Gasteiger charge is 2.40. The number of halogens is 1. The summed E-state index contributed by atoms with van der Waals surface area (Å²) < 4.78 is 15.6. The van der Waals surface area contributed by atoms with Crippen LogP contribution in [0.25, 0.3) is 11.3 Å². The van der Waals surface area contributed by atoms with Gasteiger partial charge in [0, 0.05) is 55.5 Å². The molecular weight excluding hydrogens is 463 g/mol. The molecule has 2 aromatic rings. The Morgan fingerprint density at radius 2 is 1.92 bits per heavy atom. The van der Waals surface area contributed by atoms with Crippen LogP contribution < -0.4 is 5.32 Å². The maximum atomic E-state index is 15.6. The third kappa shape index (κ3) is 4.10. The number of nitrogens with one attached hydrogen (secondary N) is 1. The number of aliphatic hydroxyl groups is 1. The molecule has 0 spiro atoms. The van der Waals surface area contributed by atoms with Crippen LogP contribution in [0.15, 0.2) is 30.5 Å². The van der Waals surface area contributed by atoms with Gasteiger partial charge in [0.2, 0.25) is 11.8 Å². The van der Waals surface area contributed by atoms with Gasteiger partial charge >= 0.3 is 0 Å². The van der Waals surface area contributed by atoms with Gasteiger partial charge in [-0.2, -0.15) is 0 Å². The van der Waals surface area contributed by atoms with Crippen molar-refractivity contribution in [3.05, 3.63) is 53.0 Å². The van der Waals surface area contributed by atoms with E-state index in [1.165, 1.54) is 4.90 Å². The highest BCUT2D eigenvalue weighted by atomic mass is 19.1. The van der Waals surface area contributed by atoms with E-state index in [0.717, 1.165) is 37.9 Å². The molecule has 9 heteroatoms. The number of imide groups is 1. The van der Waals surface area contributed by atoms with E-state index in [2.05, 4.69) is 15.2 Å². The minimum Gasteiger partial charge on any atom is -0.393 e. The first-order valence-electron chi connectivity index (χ1n) is 12.7. The maximum Gasteiger partial charge on any atom is 0.255 e. The van der Waals surface area contributed by atoms with Crippen molar-refractivity contribution in [2.45, 2.75) is 57.3 Å². The monoisotopic (exact) mass is 492 g/mol. The largest absolute Gasteiger partial charge is 0.393 e. The molecule has 1 saturated carbocycles. The van der Waals surface area contributed by atoms with Gasteiger partial charge in [-0.1, -0.05) is 6.07 Å². The average molecular weight is 493 g/mol. The van der Waals surface area contributed by atoms with Crippen LogP contribution >= 0.6 is 0 Å². The zero-order valence-corrected chi connectivity index (χ0v) is 20.0. The topological polar surface area (TPSA) is 103 Å². The Morgan fingerprint density at radius 1 is 1.08 bits per heavy atom. The van der Waals surface area contributed by atoms with Gasteiger partial charge in [0.1, 0.15) is 11.7 Å². The van der Waals surface area contributed by atoms with Gasteiger partial charge in [-0.05, 0) is 61.3 Å². The maximum absolute atomic E-state index is 15.6. The van der Waals surface area contributed by atoms with Gasteiger partial charge < -0.3 is 10.0 Å². The molecule has 3 aliphatic heterocycles. The highest BCUT2D eigenvalue weighted by Crippen LogP contribution is 2.37. The summed E-state index contributed by atoms with van der Waals surface area (Å²) >= 11 is 0. The zero-order chi connectivity index (χ0) is 25.0. The molecule has 3 fully saturated rings. The molecule has 36 heavy (non-hydrogen) atoms. The summed E-state index contributed by atoms with van der Waals surface area (Å²) in [6, 6.07) is 6.18. The van der Waals surface area contributed by atoms with Gasteiger partial charge in [0.15, 0.2) is 5.82 Å². The van der Waals surface area contributed by atoms with E-state index in [9.17, 15) is 19.5 Å². The molecule has 0 bridgehead atoms. The van der Waals surface area contributed by atoms with E-state index >= 15 is 4.39 Å². The van der Waals surface area contributed by atoms with E-state index in [4.69, 9.17) is 0 Å². The van der Waals surface area contributed by atoms with E-state index in [1.807, 2.05) is 0 Å². The Morgan fingerprint density at radius 3 is 2.75 bits per heavy atom. The first-order valence-corrected chi connectivity index (χ1v) is 12.7. The molecular formula is C27H29FN4O4. The van der Waals surface area contributed by atoms with Crippen LogP contribution in [0.2, 0.25) is 0 Å². The van der Waals surface area contributed by atoms with E-state index in [-0.39, 0.29) is 42.4 Å². The Kier molecular flexibility index (Phi) is 5.84. The van der Waals surface area contributed by atoms with Crippen molar-refractivity contribution in [3.8, 4) is 11.3 Å². The number of piperidine rings is 1. The number of fused-ring (bicyclic) bond motifs is 2. The quantitative estimate of drug-likeness (QED) is 0.635. The zero-order valence-electron chi connectivity index (χ0n) is 20.0. The smallest absolute Gasteiger partial charge is 0.255 e. The molecule has 188 valence electrons. The number of hydrogen-bond donors (Lipinski definition) is 2. The highest BCUT2D eigenvalue weighted by molar-refractivity contribution is 6.05. The molecule has 6 rings (SSSR count). The molecule has 1 unspecified atom stereocenters. The molecule has 1 aromatic carbocycles. The van der Waals surface area contributed by atoms with Crippen LogP contribution in [0.1, 0.15) is 53.6 Å². The lowest BCUT2D eigenvalue weighted by molar-refractivity contribution is -0.136. The predicted molar refractivity (Wildman–Crippen MR) is 128 cm³/mol. The van der Waals surface area contributed by atoms with Gasteiger partial charge in [0.05, 0.1) is 6.10 Å². The van der Waals surface area contributed by atoms with Crippen LogP contribution in [0, 0.1) is 17.7 Å². The second-order valence-corrected chi connectivity index (χ2v) is 10.6. The fraction of sp³-hybridized carbons (Fsp3) is 0.481. The van der Waals surface area contributed by atoms with Crippen LogP contribution in [0.3, 0.4) is 0 Å². The van der Waals surface area contributed by atoms with Crippen molar-refractivity contribution >= 4 is 17.7 Å². The molecule has 1 aliphatic carbocycles. The van der Waals surface area contributed by atoms with Crippen molar-refractivity contribution in [1.82, 2.24) is 20.1 Å². The summed E-state index contributed by atoms with van der Waals surface area (Å²) in [4.78, 5) is 44.8. The van der Waals surface area contributed by atoms with Gasteiger partial charge in [-0.15, -0.1) is 0 Å². The number of rotatable bonds is 4. The van der Waals surface area contributed by atoms with Crippen molar-refractivity contribution in [2.24, 2.45) is 11.8 Å². The van der Waals surface area contributed by atoms with Crippen molar-refractivity contribution in [1.29, 1.82) is 0 Å². The Balaban J connectivity index is 1.20. The number of hydrogen-bond acceptors (Lipinski definition) is 6. The second kappa shape index (κ2) is 9.05. The van der Waals surface area contributed by atoms with E-state index < -0.39 is 11.9 Å². The number of aromatic nitrogens is 1. The summed E-state index contributed by atoms with van der Waals surface area (Å²) in [7, 11) is 0. The molecule has 2 saturated heterocycles. The number of likely N-dealkylation sites (tertiary alicyclic amines) is 1. The molecule has 8 nitrogen and oxygen atoms in total. The first kappa shape index (κ1) is 23.2. The summed E-state index contributed by atoms with van der Waals surface area (Å²) in [5.74, 6) is -0.356. The van der Waals surface area contributed by atoms with Crippen molar-refractivity contribution in [2.75, 3.05) is 13.1 Å². The van der Waals surface area contributed by atoms with Gasteiger partial charge in [0.25, 0.3) is 5.91 Å². The lowest BCUT2D eigenvalue weighted by Gasteiger charge is -2.29. The van der Waals surface area contributed by atoms with Gasteiger partial charge in [-0.3, -0.25) is 29.6 Å². The lowest BCUT2D eigenvalue weighted by Crippen LogP contribution is -2.52. The fourth-order valence-electron chi connectivity index (χ4n) is 6.40. The fourth-order valence-corrected chi connectivity index (χ4v) is 6.40. The number of aliphatic hydroxyl groups excluding tert-OH is 1. The third-order valence-electron chi connectivity index (χ3n) is 8.26. The Bertz CT molecular complexity index is 1250. The minimum absolute atomic E-state index is 0.197.